The Balaban J connectivity index is 2.35. The first-order valence-electron chi connectivity index (χ1n) is 5.15. The summed E-state index contributed by atoms with van der Waals surface area (Å²) in [5, 5.41) is 0. The third-order valence-electron chi connectivity index (χ3n) is 2.44. The van der Waals surface area contributed by atoms with Crippen molar-refractivity contribution in [3.05, 3.63) is 53.5 Å². The van der Waals surface area contributed by atoms with Gasteiger partial charge in [-0.1, -0.05) is 12.1 Å². The average Bonchev–Trinajstić information content (AvgIpc) is 2.82. The van der Waals surface area contributed by atoms with E-state index in [1.54, 1.807) is 0 Å². The van der Waals surface area contributed by atoms with E-state index in [2.05, 4.69) is 9.40 Å². The Morgan fingerprint density at radius 2 is 1.84 bits per heavy atom. The van der Waals surface area contributed by atoms with Crippen LogP contribution in [0.3, 0.4) is 0 Å². The summed E-state index contributed by atoms with van der Waals surface area (Å²) in [6.45, 7) is 0. The highest BCUT2D eigenvalue weighted by atomic mass is 19.4. The molecule has 0 aliphatic rings. The zero-order chi connectivity index (χ0) is 14.0. The highest BCUT2D eigenvalue weighted by molar-refractivity contribution is 5.66. The Labute approximate surface area is 104 Å². The van der Waals surface area contributed by atoms with Gasteiger partial charge >= 0.3 is 12.1 Å². The Morgan fingerprint density at radius 1 is 1.21 bits per heavy atom. The number of hydrogen-bond donors (Lipinski definition) is 0. The van der Waals surface area contributed by atoms with Crippen molar-refractivity contribution in [2.24, 2.45) is 0 Å². The van der Waals surface area contributed by atoms with Crippen LogP contribution >= 0.6 is 0 Å². The summed E-state index contributed by atoms with van der Waals surface area (Å²) in [7, 11) is 0. The second-order valence-corrected chi connectivity index (χ2v) is 3.73. The molecule has 0 saturated carbocycles. The molecule has 0 aliphatic carbocycles. The molecule has 1 heterocycles. The maximum absolute atomic E-state index is 12.7. The number of oxazole rings is 1. The number of rotatable bonds is 3. The fourth-order valence-electron chi connectivity index (χ4n) is 1.54. The molecule has 1 aromatic heterocycles. The van der Waals surface area contributed by atoms with Gasteiger partial charge in [-0.05, 0) is 17.7 Å². The number of benzene rings is 1. The molecule has 0 fully saturated rings. The molecule has 3 nitrogen and oxygen atoms in total. The van der Waals surface area contributed by atoms with Crippen molar-refractivity contribution in [1.29, 1.82) is 0 Å². The van der Waals surface area contributed by atoms with Gasteiger partial charge in [0.25, 0.3) is 0 Å². The van der Waals surface area contributed by atoms with Crippen LogP contribution in [-0.4, -0.2) is 11.3 Å². The van der Waals surface area contributed by atoms with E-state index in [1.165, 1.54) is 12.1 Å². The summed E-state index contributed by atoms with van der Waals surface area (Å²) in [6, 6.07) is 4.80. The van der Waals surface area contributed by atoms with Crippen molar-refractivity contribution in [2.75, 3.05) is 0 Å². The molecule has 100 valence electrons. The van der Waals surface area contributed by atoms with E-state index in [-0.39, 0.29) is 5.76 Å². The van der Waals surface area contributed by atoms with Crippen LogP contribution in [0.1, 0.15) is 23.1 Å². The van der Waals surface area contributed by atoms with Crippen molar-refractivity contribution >= 4 is 6.29 Å². The fourth-order valence-corrected chi connectivity index (χ4v) is 1.54. The molecule has 0 bridgehead atoms. The van der Waals surface area contributed by atoms with Crippen LogP contribution in [0.2, 0.25) is 0 Å². The van der Waals surface area contributed by atoms with Gasteiger partial charge in [0, 0.05) is 0 Å². The summed E-state index contributed by atoms with van der Waals surface area (Å²) in [6.07, 6.45) is -3.46. The normalized spacial score (nSPS) is 13.3. The molecule has 0 saturated heterocycles. The minimum atomic E-state index is -4.71. The van der Waals surface area contributed by atoms with Crippen LogP contribution in [0.25, 0.3) is 0 Å². The van der Waals surface area contributed by atoms with Gasteiger partial charge in [0.1, 0.15) is 17.9 Å². The molecule has 1 aromatic carbocycles. The van der Waals surface area contributed by atoms with Crippen molar-refractivity contribution in [3.8, 4) is 0 Å². The molecule has 0 aliphatic heterocycles. The predicted octanol–water partition coefficient (Wildman–Crippen LogP) is 3.16. The van der Waals surface area contributed by atoms with Crippen LogP contribution in [0.5, 0.6) is 0 Å². The Bertz CT molecular complexity index is 574. The molecule has 2 aromatic rings. The Morgan fingerprint density at radius 3 is 2.32 bits per heavy atom. The van der Waals surface area contributed by atoms with E-state index in [0.717, 1.165) is 18.3 Å². The predicted molar refractivity (Wildman–Crippen MR) is 55.8 cm³/mol. The average molecular weight is 273 g/mol. The number of alkyl halides is 3. The van der Waals surface area contributed by atoms with Crippen molar-refractivity contribution < 1.29 is 26.8 Å². The third-order valence-corrected chi connectivity index (χ3v) is 2.44. The molecular formula is C12H7F4NO2. The van der Waals surface area contributed by atoms with Gasteiger partial charge in [-0.25, -0.2) is 9.37 Å². The van der Waals surface area contributed by atoms with Gasteiger partial charge in [0.2, 0.25) is 0 Å². The number of nitrogens with zero attached hydrogens (tertiary/aromatic N) is 1. The molecule has 7 heteroatoms. The van der Waals surface area contributed by atoms with Gasteiger partial charge in [0.05, 0.1) is 12.1 Å². The molecule has 0 amide bonds. The minimum absolute atomic E-state index is 0.242. The van der Waals surface area contributed by atoms with E-state index in [1.807, 2.05) is 0 Å². The lowest BCUT2D eigenvalue weighted by Crippen LogP contribution is -2.05. The third kappa shape index (κ3) is 2.81. The fraction of sp³-hybridized carbons (Fsp3) is 0.167. The lowest BCUT2D eigenvalue weighted by molar-refractivity contribution is -0.157. The standard InChI is InChI=1S/C12H7F4NO2/c13-8-3-1-7(2-4-8)9(6-18)10-5-17-11(19-10)12(14,15)16/h1-6,9H. The Hall–Kier alpha value is -2.18. The molecule has 1 atom stereocenters. The summed E-state index contributed by atoms with van der Waals surface area (Å²) >= 11 is 0. The lowest BCUT2D eigenvalue weighted by atomic mass is 9.99. The van der Waals surface area contributed by atoms with Crippen LogP contribution in [0, 0.1) is 5.82 Å². The van der Waals surface area contributed by atoms with E-state index in [4.69, 9.17) is 0 Å². The number of carbonyl (C=O) groups is 1. The highest BCUT2D eigenvalue weighted by Gasteiger charge is 2.37. The monoisotopic (exact) mass is 273 g/mol. The zero-order valence-electron chi connectivity index (χ0n) is 9.32. The summed E-state index contributed by atoms with van der Waals surface area (Å²) in [5.41, 5.74) is 0.321. The lowest BCUT2D eigenvalue weighted by Gasteiger charge is -2.07. The van der Waals surface area contributed by atoms with Crippen LogP contribution in [0.15, 0.2) is 34.9 Å². The molecule has 0 N–H and O–H groups in total. The molecule has 0 spiro atoms. The van der Waals surface area contributed by atoms with Crippen LogP contribution < -0.4 is 0 Å². The smallest absolute Gasteiger partial charge is 0.437 e. The number of carbonyl (C=O) groups excluding carboxylic acids is 1. The van der Waals surface area contributed by atoms with E-state index in [9.17, 15) is 22.4 Å². The van der Waals surface area contributed by atoms with Gasteiger partial charge < -0.3 is 9.21 Å². The maximum Gasteiger partial charge on any atom is 0.468 e. The number of aromatic nitrogens is 1. The second kappa shape index (κ2) is 4.83. The number of halogens is 4. The highest BCUT2D eigenvalue weighted by Crippen LogP contribution is 2.31. The zero-order valence-corrected chi connectivity index (χ0v) is 9.32. The molecule has 19 heavy (non-hydrogen) atoms. The molecule has 2 rings (SSSR count). The van der Waals surface area contributed by atoms with Gasteiger partial charge in [-0.3, -0.25) is 0 Å². The Kier molecular flexibility index (Phi) is 3.37. The summed E-state index contributed by atoms with van der Waals surface area (Å²) in [5.74, 6) is -3.23. The quantitative estimate of drug-likeness (QED) is 0.637. The maximum atomic E-state index is 12.7. The first-order chi connectivity index (χ1) is 8.91. The van der Waals surface area contributed by atoms with Crippen molar-refractivity contribution in [1.82, 2.24) is 4.98 Å². The number of hydrogen-bond acceptors (Lipinski definition) is 3. The van der Waals surface area contributed by atoms with E-state index < -0.39 is 23.8 Å². The molecule has 1 unspecified atom stereocenters. The van der Waals surface area contributed by atoms with Crippen molar-refractivity contribution in [3.63, 3.8) is 0 Å². The molecule has 0 radical (unpaired) electrons. The summed E-state index contributed by atoms with van der Waals surface area (Å²) < 4.78 is 54.3. The van der Waals surface area contributed by atoms with Crippen LogP contribution in [-0.2, 0) is 11.0 Å². The largest absolute Gasteiger partial charge is 0.468 e. The first kappa shape index (κ1) is 13.3. The van der Waals surface area contributed by atoms with Gasteiger partial charge in [0.15, 0.2) is 0 Å². The summed E-state index contributed by atoms with van der Waals surface area (Å²) in [4.78, 5) is 14.1. The van der Waals surface area contributed by atoms with Crippen LogP contribution in [0.4, 0.5) is 17.6 Å². The van der Waals surface area contributed by atoms with E-state index in [0.29, 0.717) is 11.8 Å². The van der Waals surface area contributed by atoms with Crippen molar-refractivity contribution in [2.45, 2.75) is 12.1 Å². The van der Waals surface area contributed by atoms with Gasteiger partial charge in [-0.2, -0.15) is 13.2 Å². The number of aldehydes is 1. The van der Waals surface area contributed by atoms with E-state index >= 15 is 0 Å². The second-order valence-electron chi connectivity index (χ2n) is 3.73. The molecular weight excluding hydrogens is 266 g/mol. The topological polar surface area (TPSA) is 43.1 Å². The first-order valence-corrected chi connectivity index (χ1v) is 5.15. The SMILES string of the molecule is O=CC(c1ccc(F)cc1)c1cnc(C(F)(F)F)o1. The van der Waals surface area contributed by atoms with Gasteiger partial charge in [-0.15, -0.1) is 0 Å². The minimum Gasteiger partial charge on any atom is -0.437 e.